The van der Waals surface area contributed by atoms with E-state index in [-0.39, 0.29) is 5.91 Å². The normalized spacial score (nSPS) is 16.6. The first-order chi connectivity index (χ1) is 19.1. The molecule has 1 saturated heterocycles. The monoisotopic (exact) mass is 542 g/mol. The molecule has 0 unspecified atom stereocenters. The zero-order chi connectivity index (χ0) is 28.7. The van der Waals surface area contributed by atoms with Crippen LogP contribution < -0.4 is 10.8 Å². The number of allylic oxidation sites excluding steroid dienone is 5. The number of fused-ring (bicyclic) bond motifs is 1. The lowest BCUT2D eigenvalue weighted by molar-refractivity contribution is -0.127. The zero-order valence-corrected chi connectivity index (χ0v) is 23.9. The molecule has 0 aliphatic carbocycles. The van der Waals surface area contributed by atoms with Crippen molar-refractivity contribution in [3.05, 3.63) is 95.1 Å². The van der Waals surface area contributed by atoms with Crippen LogP contribution in [-0.2, 0) is 27.3 Å². The molecule has 1 fully saturated rings. The molecule has 0 spiro atoms. The molecule has 2 aliphatic heterocycles. The van der Waals surface area contributed by atoms with Crippen molar-refractivity contribution < 1.29 is 24.0 Å². The molecule has 2 heterocycles. The van der Waals surface area contributed by atoms with Crippen LogP contribution in [0.25, 0.3) is 5.57 Å². The standard InChI is InChI=1S/C32H39BN2O5/c1-5-8-24(27-13-14-29-28(20-27)22-39-33(29)38)10-7-12-30(36)35-17-15-25(16-18-35)26-11-6-9-23(19-26)21-34-31(37)40-32(2,3)4/h5-14,19-20,25,38H,15-18,21-22H2,1-4H3,(H,34,37). The fourth-order valence-corrected chi connectivity index (χ4v) is 5.06. The summed E-state index contributed by atoms with van der Waals surface area (Å²) in [7, 11) is -0.857. The lowest BCUT2D eigenvalue weighted by Gasteiger charge is -2.31. The minimum absolute atomic E-state index is 0.00955. The van der Waals surface area contributed by atoms with Crippen molar-refractivity contribution in [2.75, 3.05) is 13.1 Å². The molecule has 0 radical (unpaired) electrons. The molecule has 0 bridgehead atoms. The molecule has 0 saturated carbocycles. The Kier molecular flexibility index (Phi) is 9.66. The highest BCUT2D eigenvalue weighted by molar-refractivity contribution is 6.61. The zero-order valence-electron chi connectivity index (χ0n) is 23.9. The number of alkyl carbamates (subject to hydrolysis) is 1. The Balaban J connectivity index is 1.31. The number of ether oxygens (including phenoxy) is 1. The van der Waals surface area contributed by atoms with Gasteiger partial charge in [-0.05, 0) is 85.8 Å². The number of hydrogen-bond acceptors (Lipinski definition) is 5. The first kappa shape index (κ1) is 29.4. The van der Waals surface area contributed by atoms with E-state index in [1.165, 1.54) is 5.56 Å². The summed E-state index contributed by atoms with van der Waals surface area (Å²) in [5.41, 5.74) is 5.51. The van der Waals surface area contributed by atoms with Crippen molar-refractivity contribution >= 4 is 30.2 Å². The average molecular weight is 542 g/mol. The van der Waals surface area contributed by atoms with Crippen molar-refractivity contribution in [1.29, 1.82) is 0 Å². The Bertz CT molecular complexity index is 1300. The van der Waals surface area contributed by atoms with Crippen molar-refractivity contribution in [2.45, 2.75) is 65.2 Å². The topological polar surface area (TPSA) is 88.1 Å². The molecule has 0 atom stereocenters. The van der Waals surface area contributed by atoms with Gasteiger partial charge in [0, 0.05) is 25.7 Å². The van der Waals surface area contributed by atoms with Crippen LogP contribution in [0.5, 0.6) is 0 Å². The number of hydrogen-bond donors (Lipinski definition) is 2. The highest BCUT2D eigenvalue weighted by atomic mass is 16.6. The van der Waals surface area contributed by atoms with Crippen LogP contribution in [0, 0.1) is 0 Å². The molecule has 0 aromatic heterocycles. The average Bonchev–Trinajstić information content (AvgIpc) is 3.30. The lowest BCUT2D eigenvalue weighted by atomic mass is 9.79. The van der Waals surface area contributed by atoms with Crippen LogP contribution in [0.4, 0.5) is 4.79 Å². The number of piperidine rings is 1. The molecule has 7 nitrogen and oxygen atoms in total. The van der Waals surface area contributed by atoms with Gasteiger partial charge in [0.1, 0.15) is 5.60 Å². The van der Waals surface area contributed by atoms with Gasteiger partial charge in [0.15, 0.2) is 0 Å². The smallest absolute Gasteiger partial charge is 0.444 e. The summed E-state index contributed by atoms with van der Waals surface area (Å²) in [6, 6.07) is 14.2. The molecular weight excluding hydrogens is 503 g/mol. The predicted molar refractivity (Wildman–Crippen MR) is 159 cm³/mol. The quantitative estimate of drug-likeness (QED) is 0.297. The summed E-state index contributed by atoms with van der Waals surface area (Å²) in [4.78, 5) is 26.8. The van der Waals surface area contributed by atoms with Gasteiger partial charge >= 0.3 is 13.2 Å². The van der Waals surface area contributed by atoms with Gasteiger partial charge in [0.25, 0.3) is 0 Å². The van der Waals surface area contributed by atoms with Gasteiger partial charge in [-0.15, -0.1) is 0 Å². The van der Waals surface area contributed by atoms with Crippen LogP contribution in [0.2, 0.25) is 0 Å². The summed E-state index contributed by atoms with van der Waals surface area (Å²) in [5.74, 6) is 0.383. The minimum atomic E-state index is -0.857. The van der Waals surface area contributed by atoms with E-state index in [1.54, 1.807) is 6.08 Å². The number of amides is 2. The SMILES string of the molecule is CC=CC(=CC=CC(=O)N1CCC(c2cccc(CNC(=O)OC(C)(C)C)c2)CC1)c1ccc2c(c1)COB2O. The molecule has 2 N–H and O–H groups in total. The number of rotatable bonds is 7. The molecule has 210 valence electrons. The number of nitrogens with one attached hydrogen (secondary N) is 1. The van der Waals surface area contributed by atoms with Crippen LogP contribution in [-0.4, -0.2) is 47.7 Å². The van der Waals surface area contributed by atoms with E-state index in [0.29, 0.717) is 32.2 Å². The van der Waals surface area contributed by atoms with E-state index in [9.17, 15) is 14.6 Å². The van der Waals surface area contributed by atoms with E-state index in [1.807, 2.05) is 87.2 Å². The fourth-order valence-electron chi connectivity index (χ4n) is 5.06. The third-order valence-electron chi connectivity index (χ3n) is 7.06. The maximum absolute atomic E-state index is 12.9. The van der Waals surface area contributed by atoms with Gasteiger partial charge in [0.2, 0.25) is 5.91 Å². The van der Waals surface area contributed by atoms with Crippen molar-refractivity contribution in [2.24, 2.45) is 0 Å². The maximum atomic E-state index is 12.9. The minimum Gasteiger partial charge on any atom is -0.444 e. The molecule has 2 aliphatic rings. The second-order valence-corrected chi connectivity index (χ2v) is 11.3. The molecule has 8 heteroatoms. The van der Waals surface area contributed by atoms with E-state index in [4.69, 9.17) is 9.39 Å². The third kappa shape index (κ3) is 7.96. The van der Waals surface area contributed by atoms with Crippen LogP contribution in [0.1, 0.15) is 68.7 Å². The molecule has 4 rings (SSSR count). The maximum Gasteiger partial charge on any atom is 0.491 e. The number of carbonyl (C=O) groups excluding carboxylic acids is 2. The highest BCUT2D eigenvalue weighted by Crippen LogP contribution is 2.29. The lowest BCUT2D eigenvalue weighted by Crippen LogP contribution is -2.36. The molecular formula is C32H39BN2O5. The van der Waals surface area contributed by atoms with E-state index in [0.717, 1.165) is 40.6 Å². The Labute approximate surface area is 237 Å². The van der Waals surface area contributed by atoms with Crippen molar-refractivity contribution in [3.63, 3.8) is 0 Å². The Hall–Kier alpha value is -3.62. The van der Waals surface area contributed by atoms with Crippen LogP contribution >= 0.6 is 0 Å². The van der Waals surface area contributed by atoms with Crippen molar-refractivity contribution in [3.8, 4) is 0 Å². The molecule has 2 amide bonds. The summed E-state index contributed by atoms with van der Waals surface area (Å²) >= 11 is 0. The summed E-state index contributed by atoms with van der Waals surface area (Å²) < 4.78 is 10.6. The summed E-state index contributed by atoms with van der Waals surface area (Å²) in [5, 5.41) is 12.7. The number of nitrogens with zero attached hydrogens (tertiary/aromatic N) is 1. The Morgan fingerprint density at radius 1 is 1.15 bits per heavy atom. The third-order valence-corrected chi connectivity index (χ3v) is 7.06. The first-order valence-electron chi connectivity index (χ1n) is 13.9. The predicted octanol–water partition coefficient (Wildman–Crippen LogP) is 4.85. The summed E-state index contributed by atoms with van der Waals surface area (Å²) in [6.07, 6.45) is 10.7. The van der Waals surface area contributed by atoms with Crippen LogP contribution in [0.3, 0.4) is 0 Å². The van der Waals surface area contributed by atoms with E-state index in [2.05, 4.69) is 17.4 Å². The largest absolute Gasteiger partial charge is 0.491 e. The van der Waals surface area contributed by atoms with Gasteiger partial charge in [-0.2, -0.15) is 0 Å². The molecule has 2 aromatic carbocycles. The van der Waals surface area contributed by atoms with Crippen molar-refractivity contribution in [1.82, 2.24) is 10.2 Å². The van der Waals surface area contributed by atoms with Crippen LogP contribution in [0.15, 0.2) is 72.8 Å². The number of carbonyl (C=O) groups is 2. The highest BCUT2D eigenvalue weighted by Gasteiger charge is 2.27. The fraction of sp³-hybridized carbons (Fsp3) is 0.375. The Morgan fingerprint density at radius 2 is 1.93 bits per heavy atom. The molecule has 2 aromatic rings. The Morgan fingerprint density at radius 3 is 2.65 bits per heavy atom. The van der Waals surface area contributed by atoms with E-state index >= 15 is 0 Å². The molecule has 40 heavy (non-hydrogen) atoms. The number of benzene rings is 2. The second kappa shape index (κ2) is 13.2. The van der Waals surface area contributed by atoms with Gasteiger partial charge < -0.3 is 24.6 Å². The second-order valence-electron chi connectivity index (χ2n) is 11.3. The van der Waals surface area contributed by atoms with E-state index < -0.39 is 18.8 Å². The summed E-state index contributed by atoms with van der Waals surface area (Å²) in [6.45, 7) is 9.70. The number of likely N-dealkylation sites (tertiary alicyclic amines) is 1. The van der Waals surface area contributed by atoms with Gasteiger partial charge in [0.05, 0.1) is 6.61 Å². The first-order valence-corrected chi connectivity index (χ1v) is 13.9. The van der Waals surface area contributed by atoms with Gasteiger partial charge in [-0.3, -0.25) is 4.79 Å². The van der Waals surface area contributed by atoms with Gasteiger partial charge in [-0.25, -0.2) is 4.79 Å². The van der Waals surface area contributed by atoms with Gasteiger partial charge in [-0.1, -0.05) is 60.7 Å².